The quantitative estimate of drug-likeness (QED) is 0.524. The molecule has 0 radical (unpaired) electrons. The van der Waals surface area contributed by atoms with Crippen molar-refractivity contribution in [3.05, 3.63) is 92.0 Å². The first-order valence-corrected chi connectivity index (χ1v) is 10.9. The second kappa shape index (κ2) is 7.81. The van der Waals surface area contributed by atoms with Gasteiger partial charge < -0.3 is 9.67 Å². The normalized spacial score (nSPS) is 22.7. The number of nitriles is 1. The van der Waals surface area contributed by atoms with Gasteiger partial charge in [0, 0.05) is 31.0 Å². The van der Waals surface area contributed by atoms with Gasteiger partial charge in [0.2, 0.25) is 0 Å². The number of halogens is 4. The molecule has 1 aromatic heterocycles. The molecule has 0 unspecified atom stereocenters. The van der Waals surface area contributed by atoms with E-state index in [-0.39, 0.29) is 40.7 Å². The van der Waals surface area contributed by atoms with E-state index in [2.05, 4.69) is 0 Å². The second-order valence-corrected chi connectivity index (χ2v) is 8.91. The van der Waals surface area contributed by atoms with Crippen LogP contribution < -0.4 is 5.56 Å². The van der Waals surface area contributed by atoms with Gasteiger partial charge >= 0.3 is 0 Å². The molecule has 2 aliphatic rings. The summed E-state index contributed by atoms with van der Waals surface area (Å²) < 4.78 is 59.7. The molecule has 1 heterocycles. The summed E-state index contributed by atoms with van der Waals surface area (Å²) in [6.45, 7) is 0. The fourth-order valence-corrected chi connectivity index (χ4v) is 5.42. The summed E-state index contributed by atoms with van der Waals surface area (Å²) in [4.78, 5) is 12.2. The molecule has 5 rings (SSSR count). The van der Waals surface area contributed by atoms with Gasteiger partial charge in [-0.3, -0.25) is 4.79 Å². The van der Waals surface area contributed by atoms with Crippen LogP contribution in [0.2, 0.25) is 0 Å². The highest BCUT2D eigenvalue weighted by atomic mass is 19.3. The molecular formula is C26H20F4N2O2. The molecule has 2 aliphatic carbocycles. The van der Waals surface area contributed by atoms with E-state index >= 15 is 0 Å². The topological polar surface area (TPSA) is 66.0 Å². The molecule has 1 N–H and O–H groups in total. The molecule has 0 amide bonds. The van der Waals surface area contributed by atoms with Crippen molar-refractivity contribution in [1.29, 1.82) is 5.26 Å². The molecule has 0 saturated carbocycles. The summed E-state index contributed by atoms with van der Waals surface area (Å²) >= 11 is 0. The van der Waals surface area contributed by atoms with Crippen LogP contribution in [-0.4, -0.2) is 15.6 Å². The largest absolute Gasteiger partial charge is 0.382 e. The van der Waals surface area contributed by atoms with Crippen LogP contribution in [0, 0.1) is 17.1 Å². The number of hydrogen-bond donors (Lipinski definition) is 1. The Morgan fingerprint density at radius 1 is 1.12 bits per heavy atom. The Morgan fingerprint density at radius 3 is 2.62 bits per heavy atom. The van der Waals surface area contributed by atoms with Gasteiger partial charge in [-0.15, -0.1) is 0 Å². The number of benzene rings is 2. The summed E-state index contributed by atoms with van der Waals surface area (Å²) in [6, 6.07) is 11.7. The number of aliphatic hydroxyl groups is 1. The van der Waals surface area contributed by atoms with Crippen LogP contribution in [0.5, 0.6) is 0 Å². The third kappa shape index (κ3) is 3.26. The van der Waals surface area contributed by atoms with Crippen molar-refractivity contribution >= 4 is 0 Å². The predicted molar refractivity (Wildman–Crippen MR) is 117 cm³/mol. The number of rotatable bonds is 2. The van der Waals surface area contributed by atoms with E-state index in [1.54, 1.807) is 18.2 Å². The van der Waals surface area contributed by atoms with Crippen LogP contribution in [0.3, 0.4) is 0 Å². The van der Waals surface area contributed by atoms with E-state index in [0.717, 1.165) is 12.1 Å². The van der Waals surface area contributed by atoms with E-state index < -0.39 is 36.4 Å². The molecule has 34 heavy (non-hydrogen) atoms. The minimum absolute atomic E-state index is 0.0215. The van der Waals surface area contributed by atoms with E-state index in [1.807, 2.05) is 6.07 Å². The van der Waals surface area contributed by atoms with Crippen molar-refractivity contribution in [2.24, 2.45) is 7.05 Å². The van der Waals surface area contributed by atoms with Crippen molar-refractivity contribution in [2.45, 2.75) is 43.4 Å². The molecule has 3 aromatic rings. The van der Waals surface area contributed by atoms with Crippen molar-refractivity contribution in [2.75, 3.05) is 0 Å². The third-order valence-electron chi connectivity index (χ3n) is 7.01. The number of aromatic nitrogens is 1. The Balaban J connectivity index is 1.77. The van der Waals surface area contributed by atoms with Crippen molar-refractivity contribution in [1.82, 2.24) is 4.57 Å². The first kappa shape index (κ1) is 22.4. The minimum atomic E-state index is -3.44. The van der Waals surface area contributed by atoms with Crippen LogP contribution in [0.4, 0.5) is 17.6 Å². The lowest BCUT2D eigenvalue weighted by molar-refractivity contribution is -0.0966. The lowest BCUT2D eigenvalue weighted by atomic mass is 9.74. The highest BCUT2D eigenvalue weighted by Gasteiger charge is 2.50. The maximum atomic E-state index is 14.8. The number of pyridine rings is 1. The molecule has 4 nitrogen and oxygen atoms in total. The van der Waals surface area contributed by atoms with Gasteiger partial charge in [0.1, 0.15) is 18.1 Å². The van der Waals surface area contributed by atoms with Gasteiger partial charge in [0.05, 0.1) is 17.3 Å². The smallest absolute Gasteiger partial charge is 0.281 e. The van der Waals surface area contributed by atoms with Gasteiger partial charge in [-0.2, -0.15) is 5.26 Å². The molecule has 2 aromatic carbocycles. The summed E-state index contributed by atoms with van der Waals surface area (Å²) in [6.07, 6.45) is -4.00. The van der Waals surface area contributed by atoms with E-state index in [0.29, 0.717) is 22.4 Å². The Labute approximate surface area is 192 Å². The molecule has 0 bridgehead atoms. The maximum Gasteiger partial charge on any atom is 0.281 e. The summed E-state index contributed by atoms with van der Waals surface area (Å²) in [5.74, 6) is -4.78. The second-order valence-electron chi connectivity index (χ2n) is 8.91. The highest BCUT2D eigenvalue weighted by molar-refractivity contribution is 5.70. The molecule has 3 atom stereocenters. The molecular weight excluding hydrogens is 448 g/mol. The number of fused-ring (bicyclic) bond motifs is 2. The van der Waals surface area contributed by atoms with Crippen LogP contribution in [0.15, 0.2) is 47.3 Å². The van der Waals surface area contributed by atoms with Crippen molar-refractivity contribution < 1.29 is 22.7 Å². The molecule has 0 fully saturated rings. The maximum absolute atomic E-state index is 14.8. The van der Waals surface area contributed by atoms with Gasteiger partial charge in [0.15, 0.2) is 0 Å². The highest BCUT2D eigenvalue weighted by Crippen LogP contribution is 2.52. The van der Waals surface area contributed by atoms with Crippen LogP contribution >= 0.6 is 0 Å². The number of hydrogen-bond acceptors (Lipinski definition) is 3. The first-order valence-electron chi connectivity index (χ1n) is 10.9. The molecule has 8 heteroatoms. The van der Waals surface area contributed by atoms with E-state index in [9.17, 15) is 32.7 Å². The predicted octanol–water partition coefficient (Wildman–Crippen LogP) is 5.22. The molecule has 0 spiro atoms. The summed E-state index contributed by atoms with van der Waals surface area (Å²) in [5, 5.41) is 20.2. The zero-order valence-electron chi connectivity index (χ0n) is 18.2. The zero-order valence-corrected chi connectivity index (χ0v) is 18.2. The monoisotopic (exact) mass is 468 g/mol. The first-order chi connectivity index (χ1) is 16.1. The Hall–Kier alpha value is -3.44. The van der Waals surface area contributed by atoms with Gasteiger partial charge in [-0.1, -0.05) is 18.2 Å². The van der Waals surface area contributed by atoms with Crippen LogP contribution in [0.1, 0.15) is 64.4 Å². The van der Waals surface area contributed by atoms with Crippen LogP contribution in [-0.2, 0) is 13.5 Å². The molecule has 0 aliphatic heterocycles. The Bertz CT molecular complexity index is 1420. The molecule has 0 saturated heterocycles. The third-order valence-corrected chi connectivity index (χ3v) is 7.01. The van der Waals surface area contributed by atoms with Gasteiger partial charge in [-0.05, 0) is 58.9 Å². The number of nitrogens with zero attached hydrogens (tertiary/aromatic N) is 2. The summed E-state index contributed by atoms with van der Waals surface area (Å²) in [7, 11) is 1.52. The average molecular weight is 468 g/mol. The van der Waals surface area contributed by atoms with E-state index in [4.69, 9.17) is 0 Å². The fourth-order valence-electron chi connectivity index (χ4n) is 5.42. The average Bonchev–Trinajstić information content (AvgIpc) is 3.04. The van der Waals surface area contributed by atoms with Crippen molar-refractivity contribution in [3.8, 4) is 17.3 Å². The SMILES string of the molecule is Cn1c(-c2ccc([C@H]3CC[C@H](F)c4cc(F)cc(C#N)c43)c3c2[C@H](O)C(F)(F)C3)cccc1=O. The zero-order chi connectivity index (χ0) is 24.4. The number of alkyl halides is 3. The Morgan fingerprint density at radius 2 is 1.88 bits per heavy atom. The summed E-state index contributed by atoms with van der Waals surface area (Å²) in [5.41, 5.74) is 1.37. The Kier molecular flexibility index (Phi) is 5.14. The minimum Gasteiger partial charge on any atom is -0.382 e. The van der Waals surface area contributed by atoms with Crippen LogP contribution in [0.25, 0.3) is 11.3 Å². The van der Waals surface area contributed by atoms with Gasteiger partial charge in [0.25, 0.3) is 11.5 Å². The lowest BCUT2D eigenvalue weighted by Crippen LogP contribution is -2.22. The van der Waals surface area contributed by atoms with Crippen molar-refractivity contribution in [3.63, 3.8) is 0 Å². The van der Waals surface area contributed by atoms with E-state index in [1.165, 1.54) is 23.7 Å². The fraction of sp³-hybridized carbons (Fsp3) is 0.308. The molecule has 174 valence electrons. The van der Waals surface area contributed by atoms with Gasteiger partial charge in [-0.25, -0.2) is 17.6 Å². The number of aliphatic hydroxyl groups excluding tert-OH is 1. The lowest BCUT2D eigenvalue weighted by Gasteiger charge is -2.31. The standard InChI is InChI=1S/C26H20F4N2O2/c1-32-21(3-2-4-22(32)33)17-6-5-15(19-11-26(29,30)25(34)24(17)19)16-7-8-20(28)18-10-14(27)9-13(12-31)23(16)18/h2-6,9-10,16,20,25,34H,7-8,11H2,1H3/t16-,20+,25+/m1/s1.